The van der Waals surface area contributed by atoms with E-state index in [4.69, 9.17) is 4.74 Å². The van der Waals surface area contributed by atoms with Gasteiger partial charge in [-0.1, -0.05) is 50.7 Å². The molecule has 6 heteroatoms. The SMILES string of the molecule is CN=C(NCCCCC1CCCC1)NCc1cccc(OCC(=O)NC2CC2)c1. The van der Waals surface area contributed by atoms with E-state index in [9.17, 15) is 4.79 Å². The number of guanidine groups is 1. The van der Waals surface area contributed by atoms with Crippen LogP contribution in [0.5, 0.6) is 5.75 Å². The smallest absolute Gasteiger partial charge is 0.258 e. The van der Waals surface area contributed by atoms with Crippen molar-refractivity contribution < 1.29 is 9.53 Å². The third-order valence-electron chi connectivity index (χ3n) is 5.70. The number of carbonyl (C=O) groups is 1. The molecule has 0 atom stereocenters. The Labute approximate surface area is 174 Å². The van der Waals surface area contributed by atoms with Crippen LogP contribution in [0.15, 0.2) is 29.3 Å². The van der Waals surface area contributed by atoms with Crippen molar-refractivity contribution in [3.05, 3.63) is 29.8 Å². The van der Waals surface area contributed by atoms with E-state index in [1.807, 2.05) is 24.3 Å². The highest BCUT2D eigenvalue weighted by Crippen LogP contribution is 2.28. The first kappa shape index (κ1) is 21.5. The molecule has 0 saturated heterocycles. The third-order valence-corrected chi connectivity index (χ3v) is 5.70. The second-order valence-electron chi connectivity index (χ2n) is 8.28. The van der Waals surface area contributed by atoms with Crippen LogP contribution in [0.25, 0.3) is 0 Å². The Balaban J connectivity index is 1.31. The minimum Gasteiger partial charge on any atom is -0.484 e. The van der Waals surface area contributed by atoms with E-state index in [2.05, 4.69) is 20.9 Å². The molecule has 0 aromatic heterocycles. The van der Waals surface area contributed by atoms with Crippen LogP contribution in [0.3, 0.4) is 0 Å². The lowest BCUT2D eigenvalue weighted by molar-refractivity contribution is -0.123. The van der Waals surface area contributed by atoms with E-state index >= 15 is 0 Å². The van der Waals surface area contributed by atoms with Gasteiger partial charge in [0.25, 0.3) is 5.91 Å². The van der Waals surface area contributed by atoms with Gasteiger partial charge in [-0.2, -0.15) is 0 Å². The zero-order valence-electron chi connectivity index (χ0n) is 17.7. The summed E-state index contributed by atoms with van der Waals surface area (Å²) in [6.45, 7) is 1.68. The number of carbonyl (C=O) groups excluding carboxylic acids is 1. The standard InChI is InChI=1S/C23H36N4O2/c1-24-23(25-14-5-4-9-18-7-2-3-8-18)26-16-19-10-6-11-21(15-19)29-17-22(28)27-20-12-13-20/h6,10-11,15,18,20H,2-5,7-9,12-14,16-17H2,1H3,(H,27,28)(H2,24,25,26). The van der Waals surface area contributed by atoms with Gasteiger partial charge in [-0.15, -0.1) is 0 Å². The molecule has 0 heterocycles. The van der Waals surface area contributed by atoms with Crippen LogP contribution in [0, 0.1) is 5.92 Å². The van der Waals surface area contributed by atoms with Crippen LogP contribution in [-0.2, 0) is 11.3 Å². The summed E-state index contributed by atoms with van der Waals surface area (Å²) >= 11 is 0. The Hall–Kier alpha value is -2.24. The minimum absolute atomic E-state index is 0.0476. The van der Waals surface area contributed by atoms with Crippen molar-refractivity contribution in [1.82, 2.24) is 16.0 Å². The maximum absolute atomic E-state index is 11.8. The Morgan fingerprint density at radius 3 is 2.72 bits per heavy atom. The zero-order chi connectivity index (χ0) is 20.3. The molecule has 3 N–H and O–H groups in total. The Morgan fingerprint density at radius 2 is 1.97 bits per heavy atom. The van der Waals surface area contributed by atoms with Crippen LogP contribution in [0.4, 0.5) is 0 Å². The number of nitrogens with one attached hydrogen (secondary N) is 3. The van der Waals surface area contributed by atoms with E-state index in [1.54, 1.807) is 7.05 Å². The molecule has 0 spiro atoms. The maximum atomic E-state index is 11.8. The van der Waals surface area contributed by atoms with Gasteiger partial charge in [-0.3, -0.25) is 9.79 Å². The van der Waals surface area contributed by atoms with E-state index in [0.29, 0.717) is 18.3 Å². The summed E-state index contributed by atoms with van der Waals surface area (Å²) in [6.07, 6.45) is 11.8. The Morgan fingerprint density at radius 1 is 1.14 bits per heavy atom. The predicted molar refractivity (Wildman–Crippen MR) is 117 cm³/mol. The number of hydrogen-bond donors (Lipinski definition) is 3. The quantitative estimate of drug-likeness (QED) is 0.302. The molecular weight excluding hydrogens is 364 g/mol. The Kier molecular flexibility index (Phi) is 8.65. The summed E-state index contributed by atoms with van der Waals surface area (Å²) in [5, 5.41) is 9.68. The van der Waals surface area contributed by atoms with E-state index in [1.165, 1.54) is 44.9 Å². The van der Waals surface area contributed by atoms with Gasteiger partial charge in [0.05, 0.1) is 0 Å². The number of benzene rings is 1. The molecule has 2 fully saturated rings. The lowest BCUT2D eigenvalue weighted by Crippen LogP contribution is -2.37. The normalized spacial score (nSPS) is 17.2. The highest BCUT2D eigenvalue weighted by molar-refractivity contribution is 5.79. The molecule has 0 bridgehead atoms. The highest BCUT2D eigenvalue weighted by Gasteiger charge is 2.23. The van der Waals surface area contributed by atoms with Crippen molar-refractivity contribution in [3.63, 3.8) is 0 Å². The first-order valence-electron chi connectivity index (χ1n) is 11.2. The molecule has 2 saturated carbocycles. The number of nitrogens with zero attached hydrogens (tertiary/aromatic N) is 1. The van der Waals surface area contributed by atoms with Crippen molar-refractivity contribution in [3.8, 4) is 5.75 Å². The average Bonchev–Trinajstić information content (AvgIpc) is 3.39. The molecular formula is C23H36N4O2. The lowest BCUT2D eigenvalue weighted by Gasteiger charge is -2.13. The molecule has 0 aliphatic heterocycles. The van der Waals surface area contributed by atoms with Crippen LogP contribution in [-0.4, -0.2) is 38.1 Å². The molecule has 0 radical (unpaired) electrons. The maximum Gasteiger partial charge on any atom is 0.258 e. The number of amides is 1. The number of hydrogen-bond acceptors (Lipinski definition) is 3. The monoisotopic (exact) mass is 400 g/mol. The summed E-state index contributed by atoms with van der Waals surface area (Å²) in [4.78, 5) is 16.1. The molecule has 160 valence electrons. The van der Waals surface area contributed by atoms with Gasteiger partial charge in [0, 0.05) is 26.2 Å². The van der Waals surface area contributed by atoms with Gasteiger partial charge >= 0.3 is 0 Å². The van der Waals surface area contributed by atoms with Crippen molar-refractivity contribution in [2.24, 2.45) is 10.9 Å². The summed E-state index contributed by atoms with van der Waals surface area (Å²) in [5.41, 5.74) is 1.09. The lowest BCUT2D eigenvalue weighted by atomic mass is 10.0. The van der Waals surface area contributed by atoms with Crippen LogP contribution >= 0.6 is 0 Å². The van der Waals surface area contributed by atoms with Crippen molar-refractivity contribution in [1.29, 1.82) is 0 Å². The van der Waals surface area contributed by atoms with E-state index < -0.39 is 0 Å². The molecule has 1 aromatic rings. The number of rotatable bonds is 11. The molecule has 1 aromatic carbocycles. The molecule has 6 nitrogen and oxygen atoms in total. The molecule has 2 aliphatic rings. The average molecular weight is 401 g/mol. The molecule has 3 rings (SSSR count). The summed E-state index contributed by atoms with van der Waals surface area (Å²) < 4.78 is 5.62. The van der Waals surface area contributed by atoms with Gasteiger partial charge in [-0.05, 0) is 42.9 Å². The highest BCUT2D eigenvalue weighted by atomic mass is 16.5. The predicted octanol–water partition coefficient (Wildman–Crippen LogP) is 3.37. The second kappa shape index (κ2) is 11.7. The molecule has 1 amide bonds. The third kappa shape index (κ3) is 8.34. The number of unbranched alkanes of at least 4 members (excludes halogenated alkanes) is 1. The minimum atomic E-state index is -0.0476. The Bertz CT molecular complexity index is 667. The van der Waals surface area contributed by atoms with E-state index in [0.717, 1.165) is 36.8 Å². The largest absolute Gasteiger partial charge is 0.484 e. The fourth-order valence-electron chi connectivity index (χ4n) is 3.86. The summed E-state index contributed by atoms with van der Waals surface area (Å²) in [5.74, 6) is 2.46. The van der Waals surface area contributed by atoms with Gasteiger partial charge in [0.15, 0.2) is 12.6 Å². The van der Waals surface area contributed by atoms with Gasteiger partial charge < -0.3 is 20.7 Å². The molecule has 2 aliphatic carbocycles. The molecule has 29 heavy (non-hydrogen) atoms. The van der Waals surface area contributed by atoms with Crippen LogP contribution < -0.4 is 20.7 Å². The van der Waals surface area contributed by atoms with Crippen molar-refractivity contribution >= 4 is 11.9 Å². The first-order chi connectivity index (χ1) is 14.2. The van der Waals surface area contributed by atoms with Crippen molar-refractivity contribution in [2.45, 2.75) is 70.4 Å². The van der Waals surface area contributed by atoms with Crippen LogP contribution in [0.1, 0.15) is 63.4 Å². The fraction of sp³-hybridized carbons (Fsp3) is 0.652. The topological polar surface area (TPSA) is 74.8 Å². The number of aliphatic imine (C=N–C) groups is 1. The van der Waals surface area contributed by atoms with Gasteiger partial charge in [0.2, 0.25) is 0 Å². The molecule has 0 unspecified atom stereocenters. The zero-order valence-corrected chi connectivity index (χ0v) is 17.7. The van der Waals surface area contributed by atoms with Gasteiger partial charge in [-0.25, -0.2) is 0 Å². The summed E-state index contributed by atoms with van der Waals surface area (Å²) in [7, 11) is 1.80. The van der Waals surface area contributed by atoms with Crippen molar-refractivity contribution in [2.75, 3.05) is 20.2 Å². The fourth-order valence-corrected chi connectivity index (χ4v) is 3.86. The van der Waals surface area contributed by atoms with Gasteiger partial charge in [0.1, 0.15) is 5.75 Å². The first-order valence-corrected chi connectivity index (χ1v) is 11.2. The van der Waals surface area contributed by atoms with E-state index in [-0.39, 0.29) is 12.5 Å². The number of ether oxygens (including phenoxy) is 1. The van der Waals surface area contributed by atoms with Crippen LogP contribution in [0.2, 0.25) is 0 Å². The summed E-state index contributed by atoms with van der Waals surface area (Å²) in [6, 6.07) is 8.20. The second-order valence-corrected chi connectivity index (χ2v) is 8.28.